The average molecular weight is 589 g/mol. The summed E-state index contributed by atoms with van der Waals surface area (Å²) in [6.07, 6.45) is 3.83. The molecule has 0 amide bonds. The lowest BCUT2D eigenvalue weighted by molar-refractivity contribution is 1.02. The molecule has 0 atom stereocenters. The third kappa shape index (κ3) is 7.28. The van der Waals surface area contributed by atoms with Crippen LogP contribution in [-0.2, 0) is 0 Å². The Bertz CT molecular complexity index is 1540. The molecule has 42 heavy (non-hydrogen) atoms. The molecule has 2 N–H and O–H groups in total. The predicted molar refractivity (Wildman–Crippen MR) is 180 cm³/mol. The lowest BCUT2D eigenvalue weighted by atomic mass is 10.00. The van der Waals surface area contributed by atoms with Gasteiger partial charge in [-0.05, 0) is 12.5 Å². The molecular weight excluding hydrogens is 561 g/mol. The number of rotatable bonds is 4. The van der Waals surface area contributed by atoms with Crippen LogP contribution in [0.1, 0.15) is 22.3 Å². The number of amidine groups is 2. The smallest absolute Gasteiger partial charge is 0.203 e. The molecule has 0 bridgehead atoms. The molecule has 208 valence electrons. The monoisotopic (exact) mass is 588 g/mol. The maximum atomic E-state index is 4.81. The average Bonchev–Trinajstić information content (AvgIpc) is 3.06. The summed E-state index contributed by atoms with van der Waals surface area (Å²) in [5.41, 5.74) is 12.1. The highest BCUT2D eigenvalue weighted by molar-refractivity contribution is 8.13. The van der Waals surface area contributed by atoms with Crippen LogP contribution in [0.5, 0.6) is 0 Å². The maximum absolute atomic E-state index is 4.81. The molecular formula is C32H28N8S2. The fourth-order valence-corrected chi connectivity index (χ4v) is 4.51. The zero-order chi connectivity index (χ0) is 29.0. The second-order valence-corrected chi connectivity index (χ2v) is 10.3. The van der Waals surface area contributed by atoms with Gasteiger partial charge in [0, 0.05) is 22.3 Å². The van der Waals surface area contributed by atoms with E-state index in [2.05, 4.69) is 21.1 Å². The fourth-order valence-electron chi connectivity index (χ4n) is 3.99. The van der Waals surface area contributed by atoms with Crippen molar-refractivity contribution in [3.05, 3.63) is 144 Å². The standard InChI is InChI=1S/C32H28N8S2/c1-41-31-37-33-27(23-15-7-3-8-16-23)29(25-19-11-5-12-20-25)35-39-32(42-2)40-36-30(26-21-13-6-14-22-26)28(34-38-31)24-17-9-4-10-18-24/h3-22H,1-2H3,(H,37,38)(H,39,40)/b33-27+,34-28+,35-29+,36-30+. The normalized spacial score (nSPS) is 21.9. The van der Waals surface area contributed by atoms with E-state index in [1.807, 2.05) is 134 Å². The third-order valence-corrected chi connectivity index (χ3v) is 7.15. The van der Waals surface area contributed by atoms with Gasteiger partial charge in [0.15, 0.2) is 0 Å². The molecule has 0 unspecified atom stereocenters. The van der Waals surface area contributed by atoms with Crippen LogP contribution >= 0.6 is 23.5 Å². The summed E-state index contributed by atoms with van der Waals surface area (Å²) in [7, 11) is 0. The van der Waals surface area contributed by atoms with Gasteiger partial charge in [0.25, 0.3) is 0 Å². The molecule has 0 fully saturated rings. The quantitative estimate of drug-likeness (QED) is 0.295. The summed E-state index contributed by atoms with van der Waals surface area (Å²) in [5, 5.41) is 29.2. The summed E-state index contributed by atoms with van der Waals surface area (Å²) in [6.45, 7) is 0. The number of hydrogen-bond donors (Lipinski definition) is 2. The first-order valence-corrected chi connectivity index (χ1v) is 15.5. The SMILES string of the molecule is CS/C1=N/N=C(c2ccccc2)/C(c2ccccc2)=N/N\C(SC)=N/N=C(c2ccccc2)/C(c2ccccc2)=N/N1. The molecule has 0 saturated heterocycles. The number of hydrogen-bond acceptors (Lipinski definition) is 10. The Balaban J connectivity index is 1.74. The molecule has 0 radical (unpaired) electrons. The molecule has 1 heterocycles. The van der Waals surface area contributed by atoms with E-state index in [0.29, 0.717) is 33.2 Å². The lowest BCUT2D eigenvalue weighted by Crippen LogP contribution is -2.26. The number of nitrogens with zero attached hydrogens (tertiary/aromatic N) is 6. The van der Waals surface area contributed by atoms with Crippen LogP contribution in [0.4, 0.5) is 0 Å². The fraction of sp³-hybridized carbons (Fsp3) is 0.0625. The van der Waals surface area contributed by atoms with Crippen LogP contribution in [0, 0.1) is 0 Å². The van der Waals surface area contributed by atoms with Crippen molar-refractivity contribution in [2.45, 2.75) is 0 Å². The van der Waals surface area contributed by atoms with Crippen molar-refractivity contribution in [1.29, 1.82) is 0 Å². The minimum atomic E-state index is 0.495. The Morgan fingerprint density at radius 1 is 0.381 bits per heavy atom. The number of nitrogens with one attached hydrogen (secondary N) is 2. The Labute approximate surface area is 253 Å². The van der Waals surface area contributed by atoms with E-state index in [1.54, 1.807) is 0 Å². The highest BCUT2D eigenvalue weighted by Crippen LogP contribution is 2.14. The molecule has 0 aromatic heterocycles. The van der Waals surface area contributed by atoms with Gasteiger partial charge in [-0.15, -0.1) is 20.4 Å². The molecule has 4 aromatic carbocycles. The Morgan fingerprint density at radius 3 is 0.952 bits per heavy atom. The number of benzene rings is 4. The molecule has 1 aliphatic rings. The zero-order valence-corrected chi connectivity index (χ0v) is 24.7. The Morgan fingerprint density at radius 2 is 0.667 bits per heavy atom. The highest BCUT2D eigenvalue weighted by atomic mass is 32.2. The van der Waals surface area contributed by atoms with Crippen molar-refractivity contribution in [1.82, 2.24) is 10.9 Å². The van der Waals surface area contributed by atoms with E-state index in [-0.39, 0.29) is 0 Å². The van der Waals surface area contributed by atoms with Crippen LogP contribution in [-0.4, -0.2) is 45.7 Å². The first-order chi connectivity index (χ1) is 20.8. The summed E-state index contributed by atoms with van der Waals surface area (Å²) in [4.78, 5) is 0. The number of hydrazone groups is 2. The van der Waals surface area contributed by atoms with E-state index >= 15 is 0 Å². The zero-order valence-electron chi connectivity index (χ0n) is 23.0. The first-order valence-electron chi connectivity index (χ1n) is 13.1. The van der Waals surface area contributed by atoms with E-state index in [4.69, 9.17) is 20.4 Å². The number of thioether (sulfide) groups is 2. The Hall–Kier alpha value is -4.80. The molecule has 8 nitrogen and oxygen atoms in total. The van der Waals surface area contributed by atoms with Gasteiger partial charge in [-0.2, -0.15) is 10.2 Å². The van der Waals surface area contributed by atoms with Gasteiger partial charge in [0.1, 0.15) is 22.8 Å². The maximum Gasteiger partial charge on any atom is 0.203 e. The van der Waals surface area contributed by atoms with Gasteiger partial charge < -0.3 is 0 Å². The van der Waals surface area contributed by atoms with E-state index in [1.165, 1.54) is 23.5 Å². The topological polar surface area (TPSA) is 98.2 Å². The molecule has 1 aliphatic heterocycles. The predicted octanol–water partition coefficient (Wildman–Crippen LogP) is 6.23. The van der Waals surface area contributed by atoms with Crippen LogP contribution < -0.4 is 10.9 Å². The van der Waals surface area contributed by atoms with Crippen LogP contribution in [0.2, 0.25) is 0 Å². The van der Waals surface area contributed by atoms with E-state index in [0.717, 1.165) is 22.3 Å². The molecule has 5 rings (SSSR count). The van der Waals surface area contributed by atoms with Crippen molar-refractivity contribution in [3.8, 4) is 0 Å². The molecule has 10 heteroatoms. The second-order valence-electron chi connectivity index (χ2n) is 8.72. The van der Waals surface area contributed by atoms with E-state index in [9.17, 15) is 0 Å². The van der Waals surface area contributed by atoms with Crippen molar-refractivity contribution in [2.24, 2.45) is 30.6 Å². The molecule has 0 saturated carbocycles. The van der Waals surface area contributed by atoms with Gasteiger partial charge in [-0.1, -0.05) is 145 Å². The Kier molecular flexibility index (Phi) is 10.1. The van der Waals surface area contributed by atoms with Gasteiger partial charge in [-0.3, -0.25) is 10.9 Å². The third-order valence-electron chi connectivity index (χ3n) is 6.03. The summed E-state index contributed by atoms with van der Waals surface area (Å²) < 4.78 is 0. The highest BCUT2D eigenvalue weighted by Gasteiger charge is 2.18. The van der Waals surface area contributed by atoms with Gasteiger partial charge in [0.2, 0.25) is 10.3 Å². The van der Waals surface area contributed by atoms with Crippen molar-refractivity contribution < 1.29 is 0 Å². The van der Waals surface area contributed by atoms with E-state index < -0.39 is 0 Å². The van der Waals surface area contributed by atoms with Crippen molar-refractivity contribution >= 4 is 56.7 Å². The largest absolute Gasteiger partial charge is 0.254 e. The first kappa shape index (κ1) is 28.7. The summed E-state index contributed by atoms with van der Waals surface area (Å²) >= 11 is 2.79. The summed E-state index contributed by atoms with van der Waals surface area (Å²) in [5.74, 6) is 0. The second kappa shape index (κ2) is 14.7. The van der Waals surface area contributed by atoms with Gasteiger partial charge in [-0.25, -0.2) is 0 Å². The molecule has 4 aromatic rings. The lowest BCUT2D eigenvalue weighted by Gasteiger charge is -2.13. The molecule has 0 aliphatic carbocycles. The van der Waals surface area contributed by atoms with Crippen molar-refractivity contribution in [2.75, 3.05) is 12.5 Å². The van der Waals surface area contributed by atoms with Gasteiger partial charge >= 0.3 is 0 Å². The van der Waals surface area contributed by atoms with Crippen LogP contribution in [0.25, 0.3) is 0 Å². The van der Waals surface area contributed by atoms with Crippen molar-refractivity contribution in [3.63, 3.8) is 0 Å². The van der Waals surface area contributed by atoms with Crippen LogP contribution in [0.15, 0.2) is 152 Å². The molecule has 0 spiro atoms. The van der Waals surface area contributed by atoms with Gasteiger partial charge in [0.05, 0.1) is 0 Å². The minimum Gasteiger partial charge on any atom is -0.254 e. The minimum absolute atomic E-state index is 0.495. The summed E-state index contributed by atoms with van der Waals surface area (Å²) in [6, 6.07) is 39.4. The van der Waals surface area contributed by atoms with Crippen LogP contribution in [0.3, 0.4) is 0 Å².